The average Bonchev–Trinajstić information content (AvgIpc) is 3.09. The van der Waals surface area contributed by atoms with Crippen LogP contribution in [0.2, 0.25) is 0 Å². The van der Waals surface area contributed by atoms with Crippen molar-refractivity contribution in [3.05, 3.63) is 0 Å². The van der Waals surface area contributed by atoms with Gasteiger partial charge < -0.3 is 5.32 Å². The first-order valence-electron chi connectivity index (χ1n) is 6.27. The molecule has 0 atom stereocenters. The van der Waals surface area contributed by atoms with Crippen molar-refractivity contribution < 1.29 is 8.42 Å². The maximum atomic E-state index is 12.0. The number of nitrogens with one attached hydrogen (secondary N) is 2. The molecule has 2 rings (SSSR count). The van der Waals surface area contributed by atoms with Gasteiger partial charge in [-0.2, -0.15) is 0 Å². The van der Waals surface area contributed by atoms with Crippen LogP contribution in [0.25, 0.3) is 0 Å². The Labute approximate surface area is 98.2 Å². The minimum atomic E-state index is -3.08. The Bertz CT molecular complexity index is 330. The number of hydrogen-bond acceptors (Lipinski definition) is 3. The van der Waals surface area contributed by atoms with Crippen LogP contribution in [0.4, 0.5) is 0 Å². The summed E-state index contributed by atoms with van der Waals surface area (Å²) < 4.78 is 26.9. The van der Waals surface area contributed by atoms with Gasteiger partial charge in [-0.05, 0) is 50.6 Å². The van der Waals surface area contributed by atoms with Gasteiger partial charge in [0.15, 0.2) is 0 Å². The molecule has 0 aromatic rings. The van der Waals surface area contributed by atoms with E-state index in [1.54, 1.807) is 0 Å². The van der Waals surface area contributed by atoms with Crippen LogP contribution < -0.4 is 10.0 Å². The molecule has 1 heterocycles. The molecule has 0 radical (unpaired) electrons. The first-order valence-corrected chi connectivity index (χ1v) is 7.82. The molecule has 2 fully saturated rings. The van der Waals surface area contributed by atoms with Crippen molar-refractivity contribution in [3.63, 3.8) is 0 Å². The number of hydrogen-bond donors (Lipinski definition) is 2. The van der Waals surface area contributed by atoms with Gasteiger partial charge in [0.05, 0.1) is 5.25 Å². The molecule has 4 nitrogen and oxygen atoms in total. The Morgan fingerprint density at radius 2 is 1.94 bits per heavy atom. The van der Waals surface area contributed by atoms with Crippen LogP contribution in [0, 0.1) is 5.41 Å². The van der Waals surface area contributed by atoms with Crippen molar-refractivity contribution in [3.8, 4) is 0 Å². The van der Waals surface area contributed by atoms with Crippen molar-refractivity contribution >= 4 is 10.0 Å². The summed E-state index contributed by atoms with van der Waals surface area (Å²) in [6, 6.07) is 0. The minimum absolute atomic E-state index is 0.179. The summed E-state index contributed by atoms with van der Waals surface area (Å²) >= 11 is 0. The van der Waals surface area contributed by atoms with Gasteiger partial charge >= 0.3 is 0 Å². The van der Waals surface area contributed by atoms with Crippen LogP contribution in [-0.4, -0.2) is 33.3 Å². The van der Waals surface area contributed by atoms with E-state index in [1.807, 2.05) is 0 Å². The molecule has 0 spiro atoms. The maximum Gasteiger partial charge on any atom is 0.214 e. The summed E-state index contributed by atoms with van der Waals surface area (Å²) in [5.41, 5.74) is 0.292. The fourth-order valence-electron chi connectivity index (χ4n) is 2.31. The summed E-state index contributed by atoms with van der Waals surface area (Å²) in [6.45, 7) is 4.44. The molecule has 5 heteroatoms. The van der Waals surface area contributed by atoms with E-state index in [4.69, 9.17) is 0 Å². The van der Waals surface area contributed by atoms with E-state index < -0.39 is 10.0 Å². The van der Waals surface area contributed by atoms with Crippen LogP contribution in [-0.2, 0) is 10.0 Å². The van der Waals surface area contributed by atoms with Crippen LogP contribution in [0.3, 0.4) is 0 Å². The predicted octanol–water partition coefficient (Wildman–Crippen LogP) is 0.848. The molecule has 0 unspecified atom stereocenters. The molecular formula is C11H22N2O2S. The number of piperidine rings is 1. The highest BCUT2D eigenvalue weighted by molar-refractivity contribution is 7.90. The van der Waals surface area contributed by atoms with Gasteiger partial charge in [-0.3, -0.25) is 0 Å². The lowest BCUT2D eigenvalue weighted by Gasteiger charge is -2.24. The Kier molecular flexibility index (Phi) is 3.56. The van der Waals surface area contributed by atoms with E-state index in [0.717, 1.165) is 32.4 Å². The highest BCUT2D eigenvalue weighted by atomic mass is 32.2. The highest BCUT2D eigenvalue weighted by Crippen LogP contribution is 2.48. The zero-order valence-corrected chi connectivity index (χ0v) is 10.8. The highest BCUT2D eigenvalue weighted by Gasteiger charge is 2.41. The second kappa shape index (κ2) is 4.63. The van der Waals surface area contributed by atoms with E-state index >= 15 is 0 Å². The van der Waals surface area contributed by atoms with Crippen molar-refractivity contribution in [2.75, 3.05) is 19.6 Å². The number of sulfonamides is 1. The van der Waals surface area contributed by atoms with Gasteiger partial charge in [0.2, 0.25) is 10.0 Å². The van der Waals surface area contributed by atoms with Crippen molar-refractivity contribution in [2.24, 2.45) is 5.41 Å². The summed E-state index contributed by atoms with van der Waals surface area (Å²) in [6.07, 6.45) is 4.93. The second-order valence-corrected chi connectivity index (χ2v) is 7.21. The maximum absolute atomic E-state index is 12.0. The monoisotopic (exact) mass is 246 g/mol. The fourth-order valence-corrected chi connectivity index (χ4v) is 3.91. The quantitative estimate of drug-likeness (QED) is 0.756. The molecule has 1 saturated carbocycles. The molecule has 16 heavy (non-hydrogen) atoms. The third-order valence-electron chi connectivity index (χ3n) is 4.08. The van der Waals surface area contributed by atoms with Crippen molar-refractivity contribution in [2.45, 2.75) is 44.3 Å². The molecule has 94 valence electrons. The molecule has 0 aromatic heterocycles. The molecule has 1 saturated heterocycles. The van der Waals surface area contributed by atoms with Crippen LogP contribution in [0.5, 0.6) is 0 Å². The first kappa shape index (κ1) is 12.3. The van der Waals surface area contributed by atoms with Gasteiger partial charge in [0.25, 0.3) is 0 Å². The zero-order chi connectivity index (χ0) is 11.6. The number of rotatable bonds is 5. The van der Waals surface area contributed by atoms with E-state index in [-0.39, 0.29) is 5.25 Å². The minimum Gasteiger partial charge on any atom is -0.317 e. The van der Waals surface area contributed by atoms with E-state index in [0.29, 0.717) is 12.0 Å². The topological polar surface area (TPSA) is 58.2 Å². The molecule has 2 aliphatic rings. The van der Waals surface area contributed by atoms with Gasteiger partial charge in [-0.1, -0.05) is 6.92 Å². The predicted molar refractivity (Wildman–Crippen MR) is 64.8 cm³/mol. The largest absolute Gasteiger partial charge is 0.317 e. The first-order chi connectivity index (χ1) is 7.58. The normalized spacial score (nSPS) is 25.6. The second-order valence-electron chi connectivity index (χ2n) is 5.17. The lowest BCUT2D eigenvalue weighted by atomic mass is 10.1. The molecule has 2 N–H and O–H groups in total. The Morgan fingerprint density at radius 1 is 1.31 bits per heavy atom. The van der Waals surface area contributed by atoms with Gasteiger partial charge in [0.1, 0.15) is 0 Å². The van der Waals surface area contributed by atoms with Crippen LogP contribution >= 0.6 is 0 Å². The average molecular weight is 246 g/mol. The Morgan fingerprint density at radius 3 is 2.44 bits per heavy atom. The molecule has 0 aromatic carbocycles. The summed E-state index contributed by atoms with van der Waals surface area (Å²) in [5.74, 6) is 0. The summed E-state index contributed by atoms with van der Waals surface area (Å²) in [7, 11) is -3.08. The third kappa shape index (κ3) is 2.76. The Balaban J connectivity index is 1.87. The fraction of sp³-hybridized carbons (Fsp3) is 1.00. The molecule has 0 bridgehead atoms. The summed E-state index contributed by atoms with van der Waals surface area (Å²) in [5, 5.41) is 3.01. The molecule has 0 amide bonds. The van der Waals surface area contributed by atoms with E-state index in [9.17, 15) is 8.42 Å². The van der Waals surface area contributed by atoms with Crippen molar-refractivity contribution in [1.29, 1.82) is 0 Å². The molecular weight excluding hydrogens is 224 g/mol. The van der Waals surface area contributed by atoms with Crippen molar-refractivity contribution in [1.82, 2.24) is 10.0 Å². The SMILES string of the molecule is CCC1(CNS(=O)(=O)C2CCNCC2)CC1. The zero-order valence-electron chi connectivity index (χ0n) is 9.96. The standard InChI is InChI=1S/C11H22N2O2S/c1-2-11(5-6-11)9-13-16(14,15)10-3-7-12-8-4-10/h10,12-13H,2-9H2,1H3. The van der Waals surface area contributed by atoms with Gasteiger partial charge in [0, 0.05) is 6.54 Å². The third-order valence-corrected chi connectivity index (χ3v) is 5.98. The van der Waals surface area contributed by atoms with Crippen LogP contribution in [0.1, 0.15) is 39.0 Å². The molecule has 1 aliphatic carbocycles. The van der Waals surface area contributed by atoms with Gasteiger partial charge in [-0.25, -0.2) is 13.1 Å². The summed E-state index contributed by atoms with van der Waals surface area (Å²) in [4.78, 5) is 0. The Hall–Kier alpha value is -0.130. The molecule has 1 aliphatic heterocycles. The smallest absolute Gasteiger partial charge is 0.214 e. The van der Waals surface area contributed by atoms with E-state index in [2.05, 4.69) is 17.0 Å². The van der Waals surface area contributed by atoms with E-state index in [1.165, 1.54) is 12.8 Å². The lowest BCUT2D eigenvalue weighted by Crippen LogP contribution is -2.43. The van der Waals surface area contributed by atoms with Crippen LogP contribution in [0.15, 0.2) is 0 Å². The van der Waals surface area contributed by atoms with Gasteiger partial charge in [-0.15, -0.1) is 0 Å². The lowest BCUT2D eigenvalue weighted by molar-refractivity contribution is 0.457.